The number of benzene rings is 1. The summed E-state index contributed by atoms with van der Waals surface area (Å²) in [5, 5.41) is 13.4. The van der Waals surface area contributed by atoms with Gasteiger partial charge in [-0.2, -0.15) is 0 Å². The van der Waals surface area contributed by atoms with Gasteiger partial charge in [-0.1, -0.05) is 17.7 Å². The van der Waals surface area contributed by atoms with Crippen LogP contribution in [-0.4, -0.2) is 18.3 Å². The predicted molar refractivity (Wildman–Crippen MR) is 84.8 cm³/mol. The van der Waals surface area contributed by atoms with E-state index < -0.39 is 0 Å². The molecule has 1 aromatic carbocycles. The molecular weight excluding hydrogens is 272 g/mol. The quantitative estimate of drug-likeness (QED) is 0.752. The van der Waals surface area contributed by atoms with Crippen molar-refractivity contribution in [3.8, 4) is 0 Å². The Labute approximate surface area is 125 Å². The minimum atomic E-state index is 0.206. The van der Waals surface area contributed by atoms with Crippen LogP contribution >= 0.6 is 11.6 Å². The number of anilines is 1. The van der Waals surface area contributed by atoms with Crippen molar-refractivity contribution in [2.45, 2.75) is 32.1 Å². The number of aliphatic hydroxyl groups excluding tert-OH is 1. The van der Waals surface area contributed by atoms with Gasteiger partial charge in [0.2, 0.25) is 0 Å². The number of nitrogens with two attached hydrogens (primary N) is 1. The monoisotopic (exact) mass is 294 g/mol. The first-order valence-corrected chi connectivity index (χ1v) is 7.65. The van der Waals surface area contributed by atoms with Crippen molar-refractivity contribution < 1.29 is 5.11 Å². The number of aliphatic hydroxyl groups is 1. The van der Waals surface area contributed by atoms with Crippen LogP contribution in [0.1, 0.15) is 32.1 Å². The van der Waals surface area contributed by atoms with Gasteiger partial charge in [0, 0.05) is 23.0 Å². The molecular formula is C16H23ClN2O. The maximum Gasteiger partial charge on any atom is 0.0468 e. The number of halogens is 1. The standard InChI is InChI=1S/C16H23ClN2O/c17-14-2-1-3-15(11-14)19-16-10-12(6-8-18)4-5-13(16)7-9-20/h1-3,11-12,19-20H,4-10,18H2. The smallest absolute Gasteiger partial charge is 0.0468 e. The van der Waals surface area contributed by atoms with E-state index in [1.54, 1.807) is 0 Å². The number of allylic oxidation sites excluding steroid dienone is 1. The molecule has 0 saturated heterocycles. The van der Waals surface area contributed by atoms with Crippen molar-refractivity contribution >= 4 is 17.3 Å². The van der Waals surface area contributed by atoms with E-state index in [0.29, 0.717) is 5.92 Å². The predicted octanol–water partition coefficient (Wildman–Crippen LogP) is 3.54. The topological polar surface area (TPSA) is 58.3 Å². The normalized spacial score (nSPS) is 19.2. The second-order valence-corrected chi connectivity index (χ2v) is 5.81. The molecule has 0 aromatic heterocycles. The molecule has 1 aliphatic carbocycles. The summed E-state index contributed by atoms with van der Waals surface area (Å²) in [6, 6.07) is 7.75. The third-order valence-corrected chi connectivity index (χ3v) is 4.12. The van der Waals surface area contributed by atoms with E-state index in [1.165, 1.54) is 17.7 Å². The lowest BCUT2D eigenvalue weighted by Crippen LogP contribution is -2.19. The van der Waals surface area contributed by atoms with E-state index in [2.05, 4.69) is 5.32 Å². The maximum atomic E-state index is 9.21. The zero-order valence-electron chi connectivity index (χ0n) is 11.7. The SMILES string of the molecule is NCCC1CCC(CCO)=C(Nc2cccc(Cl)c2)C1. The van der Waals surface area contributed by atoms with Gasteiger partial charge in [0.15, 0.2) is 0 Å². The zero-order chi connectivity index (χ0) is 14.4. The van der Waals surface area contributed by atoms with Crippen LogP contribution in [0, 0.1) is 5.92 Å². The molecule has 4 heteroatoms. The first-order chi connectivity index (χ1) is 9.72. The highest BCUT2D eigenvalue weighted by molar-refractivity contribution is 6.30. The highest BCUT2D eigenvalue weighted by atomic mass is 35.5. The van der Waals surface area contributed by atoms with Crippen LogP contribution in [0.5, 0.6) is 0 Å². The lowest BCUT2D eigenvalue weighted by molar-refractivity contribution is 0.293. The summed E-state index contributed by atoms with van der Waals surface area (Å²) in [5.74, 6) is 0.643. The molecule has 4 N–H and O–H groups in total. The molecule has 1 aromatic rings. The van der Waals surface area contributed by atoms with E-state index in [4.69, 9.17) is 17.3 Å². The third-order valence-electron chi connectivity index (χ3n) is 3.88. The Morgan fingerprint density at radius 3 is 2.95 bits per heavy atom. The van der Waals surface area contributed by atoms with Crippen LogP contribution in [0.3, 0.4) is 0 Å². The number of hydrogen-bond donors (Lipinski definition) is 3. The van der Waals surface area contributed by atoms with E-state index >= 15 is 0 Å². The van der Waals surface area contributed by atoms with Crippen molar-refractivity contribution in [2.24, 2.45) is 11.7 Å². The fourth-order valence-corrected chi connectivity index (χ4v) is 3.03. The molecule has 0 radical (unpaired) electrons. The summed E-state index contributed by atoms with van der Waals surface area (Å²) in [4.78, 5) is 0. The van der Waals surface area contributed by atoms with Gasteiger partial charge in [-0.25, -0.2) is 0 Å². The summed E-state index contributed by atoms with van der Waals surface area (Å²) in [5.41, 5.74) is 9.26. The van der Waals surface area contributed by atoms with Crippen LogP contribution in [0.15, 0.2) is 35.5 Å². The molecule has 20 heavy (non-hydrogen) atoms. The molecule has 1 aliphatic rings. The van der Waals surface area contributed by atoms with Crippen LogP contribution in [-0.2, 0) is 0 Å². The highest BCUT2D eigenvalue weighted by Gasteiger charge is 2.20. The second kappa shape index (κ2) is 7.67. The van der Waals surface area contributed by atoms with Gasteiger partial charge >= 0.3 is 0 Å². The summed E-state index contributed by atoms with van der Waals surface area (Å²) in [6.07, 6.45) is 5.05. The van der Waals surface area contributed by atoms with Crippen LogP contribution in [0.4, 0.5) is 5.69 Å². The summed E-state index contributed by atoms with van der Waals surface area (Å²) >= 11 is 6.03. The number of nitrogens with one attached hydrogen (secondary N) is 1. The Bertz CT molecular complexity index is 473. The van der Waals surface area contributed by atoms with Crippen molar-refractivity contribution in [3.05, 3.63) is 40.6 Å². The van der Waals surface area contributed by atoms with Gasteiger partial charge in [-0.3, -0.25) is 0 Å². The molecule has 0 amide bonds. The molecule has 3 nitrogen and oxygen atoms in total. The fraction of sp³-hybridized carbons (Fsp3) is 0.500. The Morgan fingerprint density at radius 2 is 2.25 bits per heavy atom. The van der Waals surface area contributed by atoms with Crippen molar-refractivity contribution in [3.63, 3.8) is 0 Å². The molecule has 0 aliphatic heterocycles. The van der Waals surface area contributed by atoms with Gasteiger partial charge in [0.1, 0.15) is 0 Å². The van der Waals surface area contributed by atoms with Gasteiger partial charge in [-0.15, -0.1) is 0 Å². The molecule has 0 fully saturated rings. The van der Waals surface area contributed by atoms with Crippen molar-refractivity contribution in [1.82, 2.24) is 0 Å². The minimum absolute atomic E-state index is 0.206. The average Bonchev–Trinajstić information content (AvgIpc) is 2.42. The molecule has 0 bridgehead atoms. The van der Waals surface area contributed by atoms with Crippen molar-refractivity contribution in [1.29, 1.82) is 0 Å². The van der Waals surface area contributed by atoms with Crippen LogP contribution in [0.2, 0.25) is 5.02 Å². The summed E-state index contributed by atoms with van der Waals surface area (Å²) in [6.45, 7) is 0.946. The van der Waals surface area contributed by atoms with E-state index in [1.807, 2.05) is 24.3 Å². The van der Waals surface area contributed by atoms with Gasteiger partial charge < -0.3 is 16.2 Å². The van der Waals surface area contributed by atoms with Gasteiger partial charge in [0.05, 0.1) is 0 Å². The van der Waals surface area contributed by atoms with Gasteiger partial charge in [-0.05, 0) is 68.3 Å². The lowest BCUT2D eigenvalue weighted by Gasteiger charge is -2.28. The first-order valence-electron chi connectivity index (χ1n) is 7.27. The number of rotatable bonds is 6. The fourth-order valence-electron chi connectivity index (χ4n) is 2.84. The largest absolute Gasteiger partial charge is 0.396 e. The third kappa shape index (κ3) is 4.23. The minimum Gasteiger partial charge on any atom is -0.396 e. The summed E-state index contributed by atoms with van der Waals surface area (Å²) in [7, 11) is 0. The molecule has 0 heterocycles. The van der Waals surface area contributed by atoms with Crippen molar-refractivity contribution in [2.75, 3.05) is 18.5 Å². The molecule has 0 spiro atoms. The van der Waals surface area contributed by atoms with Gasteiger partial charge in [0.25, 0.3) is 0 Å². The molecule has 110 valence electrons. The second-order valence-electron chi connectivity index (χ2n) is 5.38. The van der Waals surface area contributed by atoms with Crippen LogP contribution in [0.25, 0.3) is 0 Å². The Kier molecular flexibility index (Phi) is 5.89. The Hall–Kier alpha value is -1.03. The zero-order valence-corrected chi connectivity index (χ0v) is 12.5. The Morgan fingerprint density at radius 1 is 1.40 bits per heavy atom. The number of hydrogen-bond acceptors (Lipinski definition) is 3. The lowest BCUT2D eigenvalue weighted by atomic mass is 9.84. The highest BCUT2D eigenvalue weighted by Crippen LogP contribution is 2.33. The molecule has 1 unspecified atom stereocenters. The van der Waals surface area contributed by atoms with E-state index in [9.17, 15) is 5.11 Å². The molecule has 0 saturated carbocycles. The first kappa shape index (κ1) is 15.4. The Balaban J connectivity index is 2.14. The van der Waals surface area contributed by atoms with E-state index in [-0.39, 0.29) is 6.61 Å². The van der Waals surface area contributed by atoms with Crippen LogP contribution < -0.4 is 11.1 Å². The molecule has 1 atom stereocenters. The molecule has 2 rings (SSSR count). The summed E-state index contributed by atoms with van der Waals surface area (Å²) < 4.78 is 0. The van der Waals surface area contributed by atoms with E-state index in [0.717, 1.165) is 42.9 Å². The maximum absolute atomic E-state index is 9.21. The average molecular weight is 295 g/mol.